The molecule has 0 aliphatic rings. The first kappa shape index (κ1) is 19.4. The maximum atomic E-state index is 12.4. The third kappa shape index (κ3) is 4.50. The molecule has 1 heterocycles. The zero-order valence-corrected chi connectivity index (χ0v) is 16.5. The van der Waals surface area contributed by atoms with Gasteiger partial charge in [-0.3, -0.25) is 4.79 Å². The van der Waals surface area contributed by atoms with Crippen LogP contribution in [0.2, 0.25) is 5.02 Å². The molecule has 0 unspecified atom stereocenters. The molecule has 3 aromatic rings. The number of rotatable bonds is 6. The molecule has 2 aromatic carbocycles. The van der Waals surface area contributed by atoms with Gasteiger partial charge in [-0.05, 0) is 42.3 Å². The van der Waals surface area contributed by atoms with Crippen LogP contribution in [0.3, 0.4) is 0 Å². The molecule has 0 bridgehead atoms. The van der Waals surface area contributed by atoms with Gasteiger partial charge in [0.25, 0.3) is 5.91 Å². The van der Waals surface area contributed by atoms with Crippen molar-refractivity contribution < 1.29 is 13.2 Å². The number of benzene rings is 2. The van der Waals surface area contributed by atoms with Gasteiger partial charge in [-0.25, -0.2) is 13.1 Å². The van der Waals surface area contributed by atoms with Crippen molar-refractivity contribution in [3.63, 3.8) is 0 Å². The normalized spacial score (nSPS) is 11.9. The van der Waals surface area contributed by atoms with E-state index in [1.165, 1.54) is 12.1 Å². The Hall–Kier alpha value is -2.35. The summed E-state index contributed by atoms with van der Waals surface area (Å²) in [6, 6.07) is 13.2. The molecule has 3 rings (SSSR count). The van der Waals surface area contributed by atoms with Gasteiger partial charge in [0.05, 0.1) is 15.4 Å². The number of carbonyl (C=O) groups excluding carboxylic acids is 1. The highest BCUT2D eigenvalue weighted by molar-refractivity contribution is 7.89. The van der Waals surface area contributed by atoms with Gasteiger partial charge in [0, 0.05) is 17.6 Å². The fraction of sp³-hybridized carbons (Fsp3) is 0.211. The lowest BCUT2D eigenvalue weighted by Crippen LogP contribution is -2.27. The van der Waals surface area contributed by atoms with Crippen LogP contribution in [0.15, 0.2) is 53.4 Å². The van der Waals surface area contributed by atoms with Crippen molar-refractivity contribution in [1.82, 2.24) is 9.71 Å². The van der Waals surface area contributed by atoms with Gasteiger partial charge in [-0.2, -0.15) is 0 Å². The molecule has 0 aliphatic heterocycles. The molecule has 142 valence electrons. The number of fused-ring (bicyclic) bond motifs is 1. The van der Waals surface area contributed by atoms with Crippen molar-refractivity contribution in [2.45, 2.75) is 18.7 Å². The average Bonchev–Trinajstić information content (AvgIpc) is 3.06. The van der Waals surface area contributed by atoms with Gasteiger partial charge in [-0.15, -0.1) is 0 Å². The molecule has 6 nitrogen and oxygen atoms in total. The number of aromatic nitrogens is 1. The van der Waals surface area contributed by atoms with E-state index in [-0.39, 0.29) is 16.7 Å². The molecule has 1 amide bonds. The Bertz CT molecular complexity index is 1070. The molecule has 0 spiro atoms. The lowest BCUT2D eigenvalue weighted by Gasteiger charge is -2.09. The fourth-order valence-corrected chi connectivity index (χ4v) is 3.96. The molecule has 8 heteroatoms. The maximum absolute atomic E-state index is 12.4. The van der Waals surface area contributed by atoms with Crippen molar-refractivity contribution in [2.24, 2.45) is 5.92 Å². The quantitative estimate of drug-likeness (QED) is 0.578. The molecule has 0 radical (unpaired) electrons. The van der Waals surface area contributed by atoms with E-state index in [0.29, 0.717) is 28.5 Å². The van der Waals surface area contributed by atoms with E-state index >= 15 is 0 Å². The second-order valence-corrected chi connectivity index (χ2v) is 8.79. The summed E-state index contributed by atoms with van der Waals surface area (Å²) in [5.41, 5.74) is 1.56. The SMILES string of the molecule is CC(C)CNS(=O)(=O)c1ccc(NC(=O)c2cc3cccc(Cl)c3[nH]2)cc1. The minimum Gasteiger partial charge on any atom is -0.349 e. The smallest absolute Gasteiger partial charge is 0.272 e. The molecule has 0 fully saturated rings. The number of sulfonamides is 1. The second kappa shape index (κ2) is 7.72. The summed E-state index contributed by atoms with van der Waals surface area (Å²) < 4.78 is 27.0. The number of para-hydroxylation sites is 1. The maximum Gasteiger partial charge on any atom is 0.272 e. The Morgan fingerprint density at radius 3 is 2.48 bits per heavy atom. The van der Waals surface area contributed by atoms with E-state index in [0.717, 1.165) is 5.39 Å². The molecule has 0 saturated heterocycles. The number of hydrogen-bond acceptors (Lipinski definition) is 3. The first-order chi connectivity index (χ1) is 12.8. The molecule has 3 N–H and O–H groups in total. The number of H-pyrrole nitrogens is 1. The van der Waals surface area contributed by atoms with Gasteiger partial charge in [0.15, 0.2) is 0 Å². The van der Waals surface area contributed by atoms with Crippen molar-refractivity contribution >= 4 is 44.1 Å². The Balaban J connectivity index is 1.74. The standard InChI is InChI=1S/C19H20ClN3O3S/c1-12(2)11-21-27(25,26)15-8-6-14(7-9-15)22-19(24)17-10-13-4-3-5-16(20)18(13)23-17/h3-10,12,21,23H,11H2,1-2H3,(H,22,24). The number of carbonyl (C=O) groups is 1. The molecular weight excluding hydrogens is 386 g/mol. The Labute approximate surface area is 163 Å². The zero-order valence-electron chi connectivity index (χ0n) is 14.9. The van der Waals surface area contributed by atoms with Crippen molar-refractivity contribution in [3.8, 4) is 0 Å². The summed E-state index contributed by atoms with van der Waals surface area (Å²) in [6.45, 7) is 4.22. The van der Waals surface area contributed by atoms with Crippen LogP contribution in [0.5, 0.6) is 0 Å². The van der Waals surface area contributed by atoms with Crippen LogP contribution in [0.1, 0.15) is 24.3 Å². The number of nitrogens with one attached hydrogen (secondary N) is 3. The van der Waals surface area contributed by atoms with Crippen LogP contribution < -0.4 is 10.0 Å². The first-order valence-electron chi connectivity index (χ1n) is 8.44. The number of halogens is 1. The monoisotopic (exact) mass is 405 g/mol. The number of aromatic amines is 1. The number of hydrogen-bond donors (Lipinski definition) is 3. The lowest BCUT2D eigenvalue weighted by molar-refractivity contribution is 0.102. The summed E-state index contributed by atoms with van der Waals surface area (Å²) in [6.07, 6.45) is 0. The van der Waals surface area contributed by atoms with E-state index in [2.05, 4.69) is 15.0 Å². The van der Waals surface area contributed by atoms with E-state index in [9.17, 15) is 13.2 Å². The molecule has 0 atom stereocenters. The van der Waals surface area contributed by atoms with Crippen LogP contribution >= 0.6 is 11.6 Å². The third-order valence-electron chi connectivity index (χ3n) is 3.95. The zero-order chi connectivity index (χ0) is 19.6. The van der Waals surface area contributed by atoms with E-state index in [1.54, 1.807) is 24.3 Å². The van der Waals surface area contributed by atoms with Crippen molar-refractivity contribution in [3.05, 3.63) is 59.2 Å². The summed E-state index contributed by atoms with van der Waals surface area (Å²) in [5, 5.41) is 4.11. The molecular formula is C19H20ClN3O3S. The highest BCUT2D eigenvalue weighted by atomic mass is 35.5. The van der Waals surface area contributed by atoms with Gasteiger partial charge >= 0.3 is 0 Å². The van der Waals surface area contributed by atoms with Crippen LogP contribution in [-0.2, 0) is 10.0 Å². The predicted octanol–water partition coefficient (Wildman–Crippen LogP) is 4.01. The van der Waals surface area contributed by atoms with Gasteiger partial charge in [0.2, 0.25) is 10.0 Å². The van der Waals surface area contributed by atoms with Gasteiger partial charge in [-0.1, -0.05) is 37.6 Å². The fourth-order valence-electron chi connectivity index (χ4n) is 2.52. The van der Waals surface area contributed by atoms with E-state index in [4.69, 9.17) is 11.6 Å². The van der Waals surface area contributed by atoms with Gasteiger partial charge in [0.1, 0.15) is 5.69 Å². The van der Waals surface area contributed by atoms with Crippen LogP contribution in [0.4, 0.5) is 5.69 Å². The molecule has 1 aromatic heterocycles. The Morgan fingerprint density at radius 2 is 1.85 bits per heavy atom. The Morgan fingerprint density at radius 1 is 1.15 bits per heavy atom. The number of anilines is 1. The summed E-state index contributed by atoms with van der Waals surface area (Å²) in [5.74, 6) is -0.126. The highest BCUT2D eigenvalue weighted by Gasteiger charge is 2.15. The Kier molecular flexibility index (Phi) is 5.55. The minimum absolute atomic E-state index is 0.151. The van der Waals surface area contributed by atoms with Crippen LogP contribution in [0, 0.1) is 5.92 Å². The van der Waals surface area contributed by atoms with Crippen LogP contribution in [-0.4, -0.2) is 25.9 Å². The second-order valence-electron chi connectivity index (χ2n) is 6.61. The largest absolute Gasteiger partial charge is 0.349 e. The topological polar surface area (TPSA) is 91.1 Å². The summed E-state index contributed by atoms with van der Waals surface area (Å²) in [4.78, 5) is 15.6. The first-order valence-corrected chi connectivity index (χ1v) is 10.3. The van der Waals surface area contributed by atoms with Crippen molar-refractivity contribution in [1.29, 1.82) is 0 Å². The minimum atomic E-state index is -3.56. The molecule has 0 saturated carbocycles. The molecule has 27 heavy (non-hydrogen) atoms. The lowest BCUT2D eigenvalue weighted by atomic mass is 10.2. The van der Waals surface area contributed by atoms with E-state index < -0.39 is 10.0 Å². The predicted molar refractivity (Wildman–Crippen MR) is 108 cm³/mol. The third-order valence-corrected chi connectivity index (χ3v) is 5.71. The summed E-state index contributed by atoms with van der Waals surface area (Å²) >= 11 is 6.11. The molecule has 0 aliphatic carbocycles. The van der Waals surface area contributed by atoms with Crippen LogP contribution in [0.25, 0.3) is 10.9 Å². The average molecular weight is 406 g/mol. The van der Waals surface area contributed by atoms with Gasteiger partial charge < -0.3 is 10.3 Å². The van der Waals surface area contributed by atoms with E-state index in [1.807, 2.05) is 26.0 Å². The summed E-state index contributed by atoms with van der Waals surface area (Å²) in [7, 11) is -3.56. The highest BCUT2D eigenvalue weighted by Crippen LogP contribution is 2.24. The number of amides is 1. The van der Waals surface area contributed by atoms with Crippen molar-refractivity contribution in [2.75, 3.05) is 11.9 Å².